The maximum atomic E-state index is 13.7. The smallest absolute Gasteiger partial charge is 0.326 e. The van der Waals surface area contributed by atoms with E-state index in [-0.39, 0.29) is 11.5 Å². The summed E-state index contributed by atoms with van der Waals surface area (Å²) in [6, 6.07) is 13.3. The van der Waals surface area contributed by atoms with Crippen LogP contribution in [0.1, 0.15) is 28.7 Å². The molecule has 0 spiro atoms. The third-order valence-electron chi connectivity index (χ3n) is 6.15. The molecule has 2 aromatic rings. The highest BCUT2D eigenvalue weighted by Crippen LogP contribution is 2.36. The summed E-state index contributed by atoms with van der Waals surface area (Å²) >= 11 is 0. The minimum absolute atomic E-state index is 0.0188. The van der Waals surface area contributed by atoms with E-state index in [4.69, 9.17) is 0 Å². The largest absolute Gasteiger partial charge is 0.351 e. The first-order chi connectivity index (χ1) is 15.1. The molecular weight excluding hydrogens is 430 g/mol. The Hall–Kier alpha value is -3.20. The van der Waals surface area contributed by atoms with E-state index in [1.165, 1.54) is 0 Å². The molecule has 2 heterocycles. The van der Waals surface area contributed by atoms with Crippen LogP contribution >= 0.6 is 0 Å². The highest BCUT2D eigenvalue weighted by molar-refractivity contribution is 7.91. The van der Waals surface area contributed by atoms with Crippen LogP contribution in [0.2, 0.25) is 0 Å². The van der Waals surface area contributed by atoms with Gasteiger partial charge in [0.15, 0.2) is 15.4 Å². The number of urea groups is 1. The fourth-order valence-electron chi connectivity index (χ4n) is 4.27. The monoisotopic (exact) mass is 455 g/mol. The van der Waals surface area contributed by atoms with Crippen molar-refractivity contribution in [3.05, 3.63) is 70.8 Å². The molecule has 0 unspecified atom stereocenters. The van der Waals surface area contributed by atoms with Crippen molar-refractivity contribution in [3.8, 4) is 0 Å². The van der Waals surface area contributed by atoms with E-state index in [1.54, 1.807) is 30.3 Å². The summed E-state index contributed by atoms with van der Waals surface area (Å²) in [5.41, 5.74) is 1.77. The van der Waals surface area contributed by atoms with Gasteiger partial charge in [-0.3, -0.25) is 14.5 Å². The number of carbonyl (C=O) groups excluding carboxylic acids is 3. The van der Waals surface area contributed by atoms with Crippen LogP contribution in [0.15, 0.2) is 48.5 Å². The lowest BCUT2D eigenvalue weighted by atomic mass is 9.81. The summed E-state index contributed by atoms with van der Waals surface area (Å²) in [7, 11) is -3.16. The van der Waals surface area contributed by atoms with Crippen LogP contribution in [0.4, 0.5) is 4.79 Å². The number of sulfone groups is 1. The zero-order chi connectivity index (χ0) is 23.1. The van der Waals surface area contributed by atoms with Crippen molar-refractivity contribution in [2.24, 2.45) is 0 Å². The average molecular weight is 456 g/mol. The van der Waals surface area contributed by atoms with Crippen LogP contribution in [0.25, 0.3) is 0 Å². The van der Waals surface area contributed by atoms with E-state index in [2.05, 4.69) is 10.6 Å². The lowest BCUT2D eigenvalue weighted by molar-refractivity contribution is -0.134. The topological polar surface area (TPSA) is 113 Å². The highest BCUT2D eigenvalue weighted by Gasteiger charge is 2.54. The third-order valence-corrected chi connectivity index (χ3v) is 7.92. The van der Waals surface area contributed by atoms with E-state index in [9.17, 15) is 22.8 Å². The van der Waals surface area contributed by atoms with Gasteiger partial charge in [-0.1, -0.05) is 48.5 Å². The number of nitrogens with zero attached hydrogens (tertiary/aromatic N) is 1. The van der Waals surface area contributed by atoms with E-state index < -0.39 is 45.8 Å². The number of imide groups is 1. The van der Waals surface area contributed by atoms with E-state index in [0.29, 0.717) is 17.5 Å². The zero-order valence-corrected chi connectivity index (χ0v) is 18.7. The Morgan fingerprint density at radius 3 is 2.44 bits per heavy atom. The van der Waals surface area contributed by atoms with Gasteiger partial charge < -0.3 is 10.6 Å². The molecule has 168 valence electrons. The Kier molecular flexibility index (Phi) is 5.54. The Morgan fingerprint density at radius 1 is 1.09 bits per heavy atom. The summed E-state index contributed by atoms with van der Waals surface area (Å²) in [6.45, 7) is 3.41. The first-order valence-electron chi connectivity index (χ1n) is 10.4. The summed E-state index contributed by atoms with van der Waals surface area (Å²) < 4.78 is 23.3. The molecular formula is C23H25N3O5S. The molecule has 2 saturated heterocycles. The molecule has 32 heavy (non-hydrogen) atoms. The van der Waals surface area contributed by atoms with Gasteiger partial charge in [-0.2, -0.15) is 0 Å². The van der Waals surface area contributed by atoms with E-state index in [0.717, 1.165) is 16.0 Å². The molecule has 8 nitrogen and oxygen atoms in total. The quantitative estimate of drug-likeness (QED) is 0.662. The molecule has 0 bridgehead atoms. The van der Waals surface area contributed by atoms with Gasteiger partial charge in [-0.25, -0.2) is 13.2 Å². The van der Waals surface area contributed by atoms with E-state index >= 15 is 0 Å². The van der Waals surface area contributed by atoms with Crippen LogP contribution < -0.4 is 10.6 Å². The number of carbonyl (C=O) groups is 3. The second kappa shape index (κ2) is 8.05. The summed E-state index contributed by atoms with van der Waals surface area (Å²) in [5, 5.41) is 5.45. The number of benzene rings is 2. The molecule has 4 rings (SSSR count). The summed E-state index contributed by atoms with van der Waals surface area (Å²) in [6.07, 6.45) is 0.324. The maximum absolute atomic E-state index is 13.7. The second-order valence-corrected chi connectivity index (χ2v) is 10.6. The summed E-state index contributed by atoms with van der Waals surface area (Å²) in [5.74, 6) is -1.23. The van der Waals surface area contributed by atoms with E-state index in [1.807, 2.05) is 32.0 Å². The van der Waals surface area contributed by atoms with Gasteiger partial charge in [-0.15, -0.1) is 0 Å². The zero-order valence-electron chi connectivity index (χ0n) is 17.9. The lowest BCUT2D eigenvalue weighted by Crippen LogP contribution is -2.47. The Morgan fingerprint density at radius 2 is 1.81 bits per heavy atom. The van der Waals surface area contributed by atoms with Crippen LogP contribution in [0.5, 0.6) is 0 Å². The fourth-order valence-corrected chi connectivity index (χ4v) is 5.94. The van der Waals surface area contributed by atoms with Crippen LogP contribution in [0, 0.1) is 13.8 Å². The second-order valence-electron chi connectivity index (χ2n) is 8.40. The van der Waals surface area contributed by atoms with Gasteiger partial charge in [-0.05, 0) is 42.5 Å². The molecule has 2 N–H and O–H groups in total. The normalized spacial score (nSPS) is 24.4. The number of hydrogen-bond acceptors (Lipinski definition) is 5. The number of hydrogen-bond donors (Lipinski definition) is 2. The van der Waals surface area contributed by atoms with Gasteiger partial charge in [0, 0.05) is 6.04 Å². The van der Waals surface area contributed by atoms with Crippen molar-refractivity contribution < 1.29 is 22.8 Å². The predicted octanol–water partition coefficient (Wildman–Crippen LogP) is 1.40. The molecule has 0 aliphatic carbocycles. The van der Waals surface area contributed by atoms with Gasteiger partial charge in [0.25, 0.3) is 5.91 Å². The molecule has 2 aromatic carbocycles. The number of rotatable bonds is 5. The molecule has 2 aliphatic heterocycles. The maximum Gasteiger partial charge on any atom is 0.326 e. The van der Waals surface area contributed by atoms with Gasteiger partial charge in [0.1, 0.15) is 6.54 Å². The van der Waals surface area contributed by atoms with Gasteiger partial charge in [0.05, 0.1) is 11.5 Å². The van der Waals surface area contributed by atoms with Crippen molar-refractivity contribution in [1.82, 2.24) is 15.5 Å². The minimum atomic E-state index is -3.16. The van der Waals surface area contributed by atoms with Gasteiger partial charge in [0.2, 0.25) is 5.91 Å². The minimum Gasteiger partial charge on any atom is -0.351 e. The first-order valence-corrected chi connectivity index (χ1v) is 12.2. The first kappa shape index (κ1) is 22.0. The van der Waals surface area contributed by atoms with Crippen molar-refractivity contribution in [1.29, 1.82) is 0 Å². The molecule has 2 fully saturated rings. The molecule has 2 aliphatic rings. The molecule has 2 atom stereocenters. The van der Waals surface area contributed by atoms with Crippen LogP contribution in [-0.2, 0) is 25.0 Å². The molecule has 4 amide bonds. The predicted molar refractivity (Wildman–Crippen MR) is 119 cm³/mol. The third kappa shape index (κ3) is 3.88. The molecule has 0 radical (unpaired) electrons. The van der Waals surface area contributed by atoms with Crippen molar-refractivity contribution >= 4 is 27.7 Å². The van der Waals surface area contributed by atoms with Crippen LogP contribution in [-0.4, -0.2) is 55.3 Å². The Bertz CT molecular complexity index is 1200. The summed E-state index contributed by atoms with van der Waals surface area (Å²) in [4.78, 5) is 40.0. The van der Waals surface area contributed by atoms with Crippen molar-refractivity contribution in [2.75, 3.05) is 18.1 Å². The van der Waals surface area contributed by atoms with Gasteiger partial charge >= 0.3 is 6.03 Å². The number of aryl methyl sites for hydroxylation is 2. The van der Waals surface area contributed by atoms with Crippen LogP contribution in [0.3, 0.4) is 0 Å². The van der Waals surface area contributed by atoms with Crippen molar-refractivity contribution in [3.63, 3.8) is 0 Å². The lowest BCUT2D eigenvalue weighted by Gasteiger charge is -2.28. The Labute approximate surface area is 186 Å². The highest BCUT2D eigenvalue weighted by atomic mass is 32.2. The number of amides is 4. The molecule has 0 aromatic heterocycles. The average Bonchev–Trinajstić information content (AvgIpc) is 3.21. The SMILES string of the molecule is Cc1ccc([C@]2(c3ccccc3)NC(=O)N(CC(=O)N[C@@H]3CCS(=O)(=O)C3)C2=O)cc1C. The van der Waals surface area contributed by atoms with Crippen molar-refractivity contribution in [2.45, 2.75) is 31.8 Å². The standard InChI is InChI=1S/C23H25N3O5S/c1-15-8-9-18(12-16(15)2)23(17-6-4-3-5-7-17)21(28)26(22(29)25-23)13-20(27)24-19-10-11-32(30,31)14-19/h3-9,12,19H,10-11,13-14H2,1-2H3,(H,24,27)(H,25,29)/t19-,23+/m1/s1. The fraction of sp³-hybridized carbons (Fsp3) is 0.348. The Balaban J connectivity index is 1.65. The number of nitrogens with one attached hydrogen (secondary N) is 2. The molecule has 0 saturated carbocycles. The molecule has 9 heteroatoms.